The Morgan fingerprint density at radius 1 is 1.29 bits per heavy atom. The predicted octanol–water partition coefficient (Wildman–Crippen LogP) is 1.29. The summed E-state index contributed by atoms with van der Waals surface area (Å²) in [5, 5.41) is 2.96. The van der Waals surface area contributed by atoms with Crippen molar-refractivity contribution in [3.63, 3.8) is 0 Å². The summed E-state index contributed by atoms with van der Waals surface area (Å²) < 4.78 is 26.9. The molecule has 0 unspecified atom stereocenters. The summed E-state index contributed by atoms with van der Waals surface area (Å²) in [5.41, 5.74) is -0.0391. The lowest BCUT2D eigenvalue weighted by atomic mass is 10.2. The minimum Gasteiger partial charge on any atom is -0.337 e. The van der Waals surface area contributed by atoms with Crippen molar-refractivity contribution in [3.05, 3.63) is 35.4 Å². The first-order valence-corrected chi connectivity index (χ1v) is 5.60. The van der Waals surface area contributed by atoms with Gasteiger partial charge < -0.3 is 10.2 Å². The maximum absolute atomic E-state index is 13.4. The number of nitrogens with one attached hydrogen (secondary N) is 1. The summed E-state index contributed by atoms with van der Waals surface area (Å²) in [7, 11) is 0. The SMILES string of the molecule is O=C1CNCCCN1Cc1c(F)cccc1F. The standard InChI is InChI=1S/C12H14F2N2O/c13-10-3-1-4-11(14)9(10)8-16-6-2-5-15-7-12(16)17/h1,3-4,15H,2,5-8H2. The molecule has 0 spiro atoms. The smallest absolute Gasteiger partial charge is 0.236 e. The maximum atomic E-state index is 13.4. The molecule has 1 saturated heterocycles. The van der Waals surface area contributed by atoms with Crippen LogP contribution in [0.3, 0.4) is 0 Å². The van der Waals surface area contributed by atoms with Crippen molar-refractivity contribution in [2.75, 3.05) is 19.6 Å². The summed E-state index contributed by atoms with van der Waals surface area (Å²) in [6, 6.07) is 3.73. The molecule has 1 fully saturated rings. The Kier molecular flexibility index (Phi) is 3.68. The van der Waals surface area contributed by atoms with E-state index in [-0.39, 0.29) is 24.6 Å². The molecule has 5 heteroatoms. The molecule has 0 saturated carbocycles. The number of halogens is 2. The van der Waals surface area contributed by atoms with Crippen LogP contribution in [0.1, 0.15) is 12.0 Å². The molecule has 0 atom stereocenters. The molecule has 92 valence electrons. The van der Waals surface area contributed by atoms with Crippen LogP contribution in [0.15, 0.2) is 18.2 Å². The van der Waals surface area contributed by atoms with Gasteiger partial charge in [-0.05, 0) is 25.1 Å². The Hall–Kier alpha value is -1.49. The number of hydrogen-bond donors (Lipinski definition) is 1. The van der Waals surface area contributed by atoms with Gasteiger partial charge in [-0.15, -0.1) is 0 Å². The van der Waals surface area contributed by atoms with Crippen molar-refractivity contribution in [2.24, 2.45) is 0 Å². The minimum absolute atomic E-state index is 0.000972. The van der Waals surface area contributed by atoms with Crippen LogP contribution in [0.2, 0.25) is 0 Å². The van der Waals surface area contributed by atoms with Gasteiger partial charge in [-0.2, -0.15) is 0 Å². The summed E-state index contributed by atoms with van der Waals surface area (Å²) in [5.74, 6) is -1.32. The van der Waals surface area contributed by atoms with Crippen molar-refractivity contribution in [1.29, 1.82) is 0 Å². The van der Waals surface area contributed by atoms with Crippen molar-refractivity contribution in [3.8, 4) is 0 Å². The zero-order chi connectivity index (χ0) is 12.3. The number of nitrogens with zero attached hydrogens (tertiary/aromatic N) is 1. The van der Waals surface area contributed by atoms with Crippen LogP contribution in [0.25, 0.3) is 0 Å². The fraction of sp³-hybridized carbons (Fsp3) is 0.417. The van der Waals surface area contributed by atoms with Gasteiger partial charge in [0.15, 0.2) is 0 Å². The molecular formula is C12H14F2N2O. The fourth-order valence-corrected chi connectivity index (χ4v) is 1.87. The van der Waals surface area contributed by atoms with Gasteiger partial charge in [-0.1, -0.05) is 6.07 Å². The second-order valence-corrected chi connectivity index (χ2v) is 4.05. The summed E-state index contributed by atoms with van der Waals surface area (Å²) in [4.78, 5) is 13.1. The quantitative estimate of drug-likeness (QED) is 0.844. The Morgan fingerprint density at radius 3 is 2.71 bits per heavy atom. The third kappa shape index (κ3) is 2.79. The highest BCUT2D eigenvalue weighted by molar-refractivity contribution is 5.78. The van der Waals surface area contributed by atoms with Crippen molar-refractivity contribution >= 4 is 5.91 Å². The lowest BCUT2D eigenvalue weighted by Crippen LogP contribution is -2.34. The highest BCUT2D eigenvalue weighted by Gasteiger charge is 2.19. The van der Waals surface area contributed by atoms with Gasteiger partial charge >= 0.3 is 0 Å². The average Bonchev–Trinajstić information content (AvgIpc) is 2.49. The Morgan fingerprint density at radius 2 is 2.00 bits per heavy atom. The number of rotatable bonds is 2. The van der Waals surface area contributed by atoms with Gasteiger partial charge in [0.25, 0.3) is 0 Å². The highest BCUT2D eigenvalue weighted by Crippen LogP contribution is 2.15. The summed E-state index contributed by atoms with van der Waals surface area (Å²) >= 11 is 0. The third-order valence-corrected chi connectivity index (χ3v) is 2.82. The van der Waals surface area contributed by atoms with E-state index in [1.54, 1.807) is 0 Å². The van der Waals surface area contributed by atoms with E-state index in [2.05, 4.69) is 5.32 Å². The minimum atomic E-state index is -0.602. The third-order valence-electron chi connectivity index (χ3n) is 2.82. The van der Waals surface area contributed by atoms with E-state index in [1.807, 2.05) is 0 Å². The lowest BCUT2D eigenvalue weighted by Gasteiger charge is -2.20. The molecule has 1 heterocycles. The van der Waals surface area contributed by atoms with Crippen LogP contribution < -0.4 is 5.32 Å². The van der Waals surface area contributed by atoms with Gasteiger partial charge in [-0.25, -0.2) is 8.78 Å². The van der Waals surface area contributed by atoms with Crippen LogP contribution in [0.5, 0.6) is 0 Å². The Bertz CT molecular complexity index is 403. The summed E-state index contributed by atoms with van der Waals surface area (Å²) in [6.07, 6.45) is 0.793. The first-order valence-electron chi connectivity index (χ1n) is 5.60. The second-order valence-electron chi connectivity index (χ2n) is 4.05. The number of benzene rings is 1. The molecule has 1 N–H and O–H groups in total. The molecule has 17 heavy (non-hydrogen) atoms. The van der Waals surface area contributed by atoms with Crippen LogP contribution >= 0.6 is 0 Å². The Balaban J connectivity index is 2.16. The van der Waals surface area contributed by atoms with E-state index in [0.717, 1.165) is 13.0 Å². The van der Waals surface area contributed by atoms with E-state index < -0.39 is 11.6 Å². The zero-order valence-corrected chi connectivity index (χ0v) is 9.38. The molecule has 1 aliphatic heterocycles. The fourth-order valence-electron chi connectivity index (χ4n) is 1.87. The van der Waals surface area contributed by atoms with Crippen LogP contribution in [0, 0.1) is 11.6 Å². The zero-order valence-electron chi connectivity index (χ0n) is 9.38. The van der Waals surface area contributed by atoms with E-state index in [9.17, 15) is 13.6 Å². The largest absolute Gasteiger partial charge is 0.337 e. The molecular weight excluding hydrogens is 226 g/mol. The average molecular weight is 240 g/mol. The van der Waals surface area contributed by atoms with Crippen LogP contribution in [-0.2, 0) is 11.3 Å². The number of amides is 1. The molecule has 0 aromatic heterocycles. The maximum Gasteiger partial charge on any atom is 0.236 e. The van der Waals surface area contributed by atoms with E-state index in [1.165, 1.54) is 23.1 Å². The monoisotopic (exact) mass is 240 g/mol. The van der Waals surface area contributed by atoms with E-state index in [0.29, 0.717) is 6.54 Å². The molecule has 3 nitrogen and oxygen atoms in total. The molecule has 2 rings (SSSR count). The van der Waals surface area contributed by atoms with Gasteiger partial charge in [0.05, 0.1) is 13.1 Å². The van der Waals surface area contributed by atoms with E-state index >= 15 is 0 Å². The first-order chi connectivity index (χ1) is 8.18. The highest BCUT2D eigenvalue weighted by atomic mass is 19.1. The van der Waals surface area contributed by atoms with Crippen LogP contribution in [0.4, 0.5) is 8.78 Å². The predicted molar refractivity (Wildman–Crippen MR) is 59.3 cm³/mol. The number of carbonyl (C=O) groups excluding carboxylic acids is 1. The number of carbonyl (C=O) groups is 1. The molecule has 1 aromatic rings. The number of hydrogen-bond acceptors (Lipinski definition) is 2. The van der Waals surface area contributed by atoms with Crippen molar-refractivity contribution in [2.45, 2.75) is 13.0 Å². The van der Waals surface area contributed by atoms with Gasteiger partial charge in [0, 0.05) is 12.1 Å². The molecule has 0 aliphatic carbocycles. The summed E-state index contributed by atoms with van der Waals surface area (Å²) in [6.45, 7) is 1.51. The van der Waals surface area contributed by atoms with Crippen molar-refractivity contribution in [1.82, 2.24) is 10.2 Å². The first kappa shape index (κ1) is 12.0. The normalized spacial score (nSPS) is 17.1. The lowest BCUT2D eigenvalue weighted by molar-refractivity contribution is -0.130. The van der Waals surface area contributed by atoms with Gasteiger partial charge in [0.2, 0.25) is 5.91 Å². The molecule has 1 aliphatic rings. The van der Waals surface area contributed by atoms with Crippen LogP contribution in [-0.4, -0.2) is 30.4 Å². The molecule has 1 aromatic carbocycles. The molecule has 1 amide bonds. The Labute approximate surface area is 98.4 Å². The topological polar surface area (TPSA) is 32.3 Å². The second kappa shape index (κ2) is 5.23. The van der Waals surface area contributed by atoms with Crippen molar-refractivity contribution < 1.29 is 13.6 Å². The van der Waals surface area contributed by atoms with Gasteiger partial charge in [-0.3, -0.25) is 4.79 Å². The van der Waals surface area contributed by atoms with Gasteiger partial charge in [0.1, 0.15) is 11.6 Å². The molecule has 0 radical (unpaired) electrons. The van der Waals surface area contributed by atoms with E-state index in [4.69, 9.17) is 0 Å². The molecule has 0 bridgehead atoms.